The number of rotatable bonds is 16. The molecule has 121 heavy (non-hydrogen) atoms. The molecule has 2 amide bonds. The fraction of sp³-hybridized carbons (Fsp3) is 0.283. The smallest absolute Gasteiger partial charge is 0.337 e. The van der Waals surface area contributed by atoms with Gasteiger partial charge in [0, 0.05) is 48.7 Å². The second-order valence-electron chi connectivity index (χ2n) is 27.9. The van der Waals surface area contributed by atoms with Crippen molar-refractivity contribution in [3.63, 3.8) is 0 Å². The molecule has 0 radical (unpaired) electrons. The summed E-state index contributed by atoms with van der Waals surface area (Å²) in [6.07, 6.45) is 13.3. The molecular formula is C92H96Cl5N5O19. The van der Waals surface area contributed by atoms with Gasteiger partial charge in [-0.05, 0) is 265 Å². The Kier molecular flexibility index (Phi) is 39.6. The minimum absolute atomic E-state index is 0. The van der Waals surface area contributed by atoms with Crippen LogP contribution in [0, 0.1) is 0 Å². The molecule has 9 N–H and O–H groups in total. The summed E-state index contributed by atoms with van der Waals surface area (Å²) < 4.78 is 23.4. The zero-order valence-corrected chi connectivity index (χ0v) is 70.2. The van der Waals surface area contributed by atoms with Gasteiger partial charge in [0.1, 0.15) is 6.29 Å². The van der Waals surface area contributed by atoms with Gasteiger partial charge in [-0.3, -0.25) is 19.2 Å². The number of ether oxygens (including phenoxy) is 5. The van der Waals surface area contributed by atoms with Gasteiger partial charge in [0.2, 0.25) is 0 Å². The number of aromatic carboxylic acids is 1. The second-order valence-corrected chi connectivity index (χ2v) is 29.5. The maximum absolute atomic E-state index is 12.3. The van der Waals surface area contributed by atoms with Crippen LogP contribution >= 0.6 is 58.8 Å². The summed E-state index contributed by atoms with van der Waals surface area (Å²) in [4.78, 5) is 125. The Labute approximate surface area is 727 Å². The number of carbonyl (C=O) groups is 11. The number of nitrogens with two attached hydrogens (primary N) is 2. The molecular weight excluding hydrogens is 1660 g/mol. The van der Waals surface area contributed by atoms with Crippen molar-refractivity contribution in [2.24, 2.45) is 16.8 Å². The number of benzene rings is 9. The van der Waals surface area contributed by atoms with Gasteiger partial charge in [0.25, 0.3) is 17.1 Å². The lowest BCUT2D eigenvalue weighted by atomic mass is 9.99. The number of methoxy groups -OCH3 is 5. The third kappa shape index (κ3) is 26.3. The van der Waals surface area contributed by atoms with Crippen molar-refractivity contribution in [2.75, 3.05) is 55.2 Å². The highest BCUT2D eigenvalue weighted by molar-refractivity contribution is 6.68. The molecule has 9 aromatic carbocycles. The van der Waals surface area contributed by atoms with E-state index in [-0.39, 0.29) is 90.5 Å². The van der Waals surface area contributed by atoms with Crippen LogP contribution in [0.3, 0.4) is 0 Å². The quantitative estimate of drug-likeness (QED) is 0.00898. The average Bonchev–Trinajstić information content (AvgIpc) is 1.71. The Hall–Kier alpha value is -11.5. The molecule has 0 aromatic heterocycles. The maximum atomic E-state index is 12.3. The van der Waals surface area contributed by atoms with E-state index < -0.39 is 17.2 Å². The van der Waals surface area contributed by atoms with Crippen LogP contribution in [0.15, 0.2) is 187 Å². The number of hydrogen-bond acceptors (Lipinski definition) is 21. The molecule has 15 rings (SSSR count). The number of ketones is 1. The number of oxime groups is 1. The lowest BCUT2D eigenvalue weighted by Gasteiger charge is -2.14. The van der Waals surface area contributed by atoms with Crippen LogP contribution in [0.25, 0.3) is 0 Å². The van der Waals surface area contributed by atoms with Gasteiger partial charge in [-0.2, -0.15) is 0 Å². The fourth-order valence-corrected chi connectivity index (χ4v) is 15.6. The number of amides is 2. The number of carbonyl (C=O) groups excluding carboxylic acids is 10. The van der Waals surface area contributed by atoms with Crippen molar-refractivity contribution in [1.29, 1.82) is 0 Å². The van der Waals surface area contributed by atoms with Crippen molar-refractivity contribution in [3.05, 3.63) is 314 Å². The first-order chi connectivity index (χ1) is 57.4. The highest BCUT2D eigenvalue weighted by Gasteiger charge is 2.30. The van der Waals surface area contributed by atoms with Crippen LogP contribution in [0.5, 0.6) is 0 Å². The number of aldehydes is 1. The molecule has 6 aliphatic carbocycles. The molecule has 24 nitrogen and oxygen atoms in total. The van der Waals surface area contributed by atoms with E-state index in [9.17, 15) is 52.7 Å². The lowest BCUT2D eigenvalue weighted by molar-refractivity contribution is -0.109. The minimum Gasteiger partial charge on any atom is -0.478 e. The van der Waals surface area contributed by atoms with Crippen molar-refractivity contribution in [3.8, 4) is 0 Å². The van der Waals surface area contributed by atoms with E-state index in [1.165, 1.54) is 69.6 Å². The van der Waals surface area contributed by atoms with E-state index in [0.717, 1.165) is 110 Å². The Bertz CT molecular complexity index is 5230. The summed E-state index contributed by atoms with van der Waals surface area (Å²) in [7, 11) is 6.82. The number of carboxylic acids is 1. The molecule has 29 heteroatoms. The zero-order valence-electron chi connectivity index (χ0n) is 66.4. The Morgan fingerprint density at radius 1 is 0.430 bits per heavy atom. The summed E-state index contributed by atoms with van der Waals surface area (Å²) in [6.45, 7) is 1.64. The zero-order chi connectivity index (χ0) is 86.4. The number of fused-ring (bicyclic) bond motifs is 6. The van der Waals surface area contributed by atoms with Crippen LogP contribution < -0.4 is 22.3 Å². The number of esters is 5. The van der Waals surface area contributed by atoms with Gasteiger partial charge in [-0.1, -0.05) is 115 Å². The van der Waals surface area contributed by atoms with Crippen LogP contribution in [-0.4, -0.2) is 142 Å². The molecule has 0 saturated carbocycles. The standard InChI is InChI=1S/C19H18ClNO3.C18H16ClNO3.C12H13NO3.C12H15NO2.C12H12O3.C11H10O3.C7H4Cl2O.CH4.ClH.H3NO/c1-24-19(23)13-8-6-12-7-9-14(16(12)10-13)11-21-18(22)15-4-2-3-5-17(15)20;19-16-4-2-1-3-14(16)17(21)20-10-13-8-6-11-5-7-12(18(22)23)9-15(11)13;1-16-12(14)9-4-2-8-3-5-10(7-13-15)11(8)6-9;2*1-15-12(14)9-4-2-8-3-5-10(7-13)11(8)6-9;1-14-11(13)8-3-2-7-4-5-10(12)9(7)6-8;8-6-4-2-1-3-5(6)7(9)10;;;1-2/h2-6,8,10,14H,7,9,11H2,1H3,(H,21,22);1-5,7,9,13H,6,8,10H2,(H,20,21)(H,22,23);2,4,6-7,10,15H,3,5H2,1H3;2,4,6,10H,3,5,7,13H2,1H3;2,4,6-7,10H,3,5H2,1H3;2-3,6H,4-5H2,1H3;1-4H;1H4;1H;2H,1H2/b;;13-7+;;;;;;;. The van der Waals surface area contributed by atoms with Crippen molar-refractivity contribution in [2.45, 2.75) is 114 Å². The first-order valence-corrected chi connectivity index (χ1v) is 39.4. The number of Topliss-reactive ketones (excluding diaryl/α,β-unsaturated/α-hetero) is 1. The molecule has 9 aromatic rings. The number of nitrogens with zero attached hydrogens (tertiary/aromatic N) is 1. The van der Waals surface area contributed by atoms with Crippen molar-refractivity contribution in [1.82, 2.24) is 10.6 Å². The molecule has 0 bridgehead atoms. The summed E-state index contributed by atoms with van der Waals surface area (Å²) in [5, 5.41) is 33.8. The van der Waals surface area contributed by atoms with Crippen molar-refractivity contribution >= 4 is 130 Å². The van der Waals surface area contributed by atoms with E-state index in [0.29, 0.717) is 97.1 Å². The molecule has 0 aliphatic heterocycles. The second kappa shape index (κ2) is 48.7. The first-order valence-electron chi connectivity index (χ1n) is 37.9. The van der Waals surface area contributed by atoms with Gasteiger partial charge in [0.05, 0.1) is 107 Å². The van der Waals surface area contributed by atoms with E-state index >= 15 is 0 Å². The molecule has 638 valence electrons. The van der Waals surface area contributed by atoms with Gasteiger partial charge < -0.3 is 60.4 Å². The maximum Gasteiger partial charge on any atom is 0.337 e. The monoisotopic (exact) mass is 1750 g/mol. The van der Waals surface area contributed by atoms with E-state index in [4.69, 9.17) is 77.1 Å². The summed E-state index contributed by atoms with van der Waals surface area (Å²) in [6, 6.07) is 53.3. The molecule has 0 fully saturated rings. The number of carboxylic acid groups (broad SMARTS) is 1. The Morgan fingerprint density at radius 2 is 0.744 bits per heavy atom. The van der Waals surface area contributed by atoms with Crippen LogP contribution in [0.1, 0.15) is 240 Å². The van der Waals surface area contributed by atoms with E-state index in [2.05, 4.69) is 35.9 Å². The Morgan fingerprint density at radius 3 is 1.10 bits per heavy atom. The van der Waals surface area contributed by atoms with E-state index in [1.54, 1.807) is 121 Å². The van der Waals surface area contributed by atoms with Gasteiger partial charge in [-0.15, -0.1) is 17.6 Å². The highest BCUT2D eigenvalue weighted by Crippen LogP contribution is 2.38. The summed E-state index contributed by atoms with van der Waals surface area (Å²) in [5.41, 5.74) is 23.1. The van der Waals surface area contributed by atoms with Gasteiger partial charge >= 0.3 is 35.8 Å². The molecule has 0 saturated heterocycles. The van der Waals surface area contributed by atoms with Gasteiger partial charge in [-0.25, -0.2) is 34.7 Å². The molecule has 0 spiro atoms. The largest absolute Gasteiger partial charge is 0.478 e. The third-order valence-corrected chi connectivity index (χ3v) is 22.2. The topological polar surface area (TPSA) is 383 Å². The van der Waals surface area contributed by atoms with E-state index in [1.807, 2.05) is 60.7 Å². The fourth-order valence-electron chi connectivity index (χ4n) is 14.7. The third-order valence-electron chi connectivity index (χ3n) is 21.0. The predicted molar refractivity (Wildman–Crippen MR) is 465 cm³/mol. The average molecular weight is 1750 g/mol. The van der Waals surface area contributed by atoms with Crippen molar-refractivity contribution < 1.29 is 91.9 Å². The normalized spacial score (nSPS) is 15.6. The lowest BCUT2D eigenvalue weighted by Crippen LogP contribution is -2.28. The number of aryl methyl sites for hydroxylation is 6. The Balaban J connectivity index is 0.000000221. The van der Waals surface area contributed by atoms with Crippen LogP contribution in [-0.2, 0) is 67.0 Å². The van der Waals surface area contributed by atoms with Gasteiger partial charge in [0.15, 0.2) is 5.78 Å². The number of nitrogens with one attached hydrogen (secondary N) is 2. The first kappa shape index (κ1) is 98.4. The molecule has 0 heterocycles. The summed E-state index contributed by atoms with van der Waals surface area (Å²) >= 11 is 22.9. The minimum atomic E-state index is -0.932. The highest BCUT2D eigenvalue weighted by atomic mass is 35.5. The molecule has 5 atom stereocenters. The summed E-state index contributed by atoms with van der Waals surface area (Å²) in [5.74, 6) is 1.37. The van der Waals surface area contributed by atoms with Crippen LogP contribution in [0.2, 0.25) is 15.1 Å². The predicted octanol–water partition coefficient (Wildman–Crippen LogP) is 16.9. The van der Waals surface area contributed by atoms with Crippen LogP contribution in [0.4, 0.5) is 0 Å². The molecule has 6 aliphatic rings. The molecule has 5 unspecified atom stereocenters. The number of halogens is 5. The SMILES string of the molecule is C.COC(=O)c1ccc2c(c1)C(/C=N/O)CC2.COC(=O)c1ccc2c(c1)C(=O)CC2.COC(=O)c1ccc2c(c1)C(C=O)CC2.COC(=O)c1ccc2c(c1)C(CN)CC2.COC(=O)c1ccc2c(c1)C(CNC(=O)c1ccccc1Cl)CC2.Cl.NO.O=C(Cl)c1ccccc1Cl.O=C(O)c1ccc2c(c1)C(CNC(=O)c1ccccc1Cl)CC2. The number of hydrogen-bond donors (Lipinski definition) is 7.